The highest BCUT2D eigenvalue weighted by Gasteiger charge is 2.46. The number of aromatic nitrogens is 4. The monoisotopic (exact) mass is 693 g/mol. The van der Waals surface area contributed by atoms with Gasteiger partial charge in [0, 0.05) is 37.5 Å². The molecule has 266 valence electrons. The molecule has 0 amide bonds. The summed E-state index contributed by atoms with van der Waals surface area (Å²) in [6.07, 6.45) is -3.41. The first-order chi connectivity index (χ1) is 23.8. The highest BCUT2D eigenvalue weighted by molar-refractivity contribution is 5.76. The molecule has 2 aliphatic heterocycles. The first-order valence-electron chi connectivity index (χ1n) is 16.8. The maximum Gasteiger partial charge on any atom is 0.429 e. The Labute approximate surface area is 288 Å². The van der Waals surface area contributed by atoms with Crippen LogP contribution in [0.3, 0.4) is 0 Å². The number of rotatable bonds is 10. The molecule has 2 aromatic heterocycles. The van der Waals surface area contributed by atoms with E-state index in [0.29, 0.717) is 55.5 Å². The van der Waals surface area contributed by atoms with E-state index < -0.39 is 12.3 Å². The van der Waals surface area contributed by atoms with Crippen molar-refractivity contribution in [1.82, 2.24) is 25.1 Å². The van der Waals surface area contributed by atoms with Crippen molar-refractivity contribution in [2.75, 3.05) is 36.9 Å². The normalized spacial score (nSPS) is 18.0. The molecule has 0 radical (unpaired) electrons. The van der Waals surface area contributed by atoms with Crippen LogP contribution in [0.15, 0.2) is 60.8 Å². The maximum absolute atomic E-state index is 14.9. The summed E-state index contributed by atoms with van der Waals surface area (Å²) in [5, 5.41) is 7.72. The fourth-order valence-corrected chi connectivity index (χ4v) is 6.69. The number of nitrogen functional groups attached to an aromatic ring is 1. The van der Waals surface area contributed by atoms with Crippen LogP contribution in [0.1, 0.15) is 57.4 Å². The second kappa shape index (κ2) is 14.2. The number of carbonyl (C=O) groups excluding carboxylic acids is 1. The zero-order chi connectivity index (χ0) is 35.6. The number of nitrogens with zero attached hydrogens (tertiary/aromatic N) is 5. The second-order valence-corrected chi connectivity index (χ2v) is 13.2. The Morgan fingerprint density at radius 2 is 1.76 bits per heavy atom. The average molecular weight is 694 g/mol. The van der Waals surface area contributed by atoms with E-state index >= 15 is 0 Å². The topological polar surface area (TPSA) is 130 Å². The van der Waals surface area contributed by atoms with Crippen LogP contribution < -0.4 is 25.4 Å². The number of benzene rings is 2. The van der Waals surface area contributed by atoms with Gasteiger partial charge in [-0.2, -0.15) is 28.2 Å². The molecule has 4 aromatic rings. The first kappa shape index (κ1) is 35.0. The Kier molecular flexibility index (Phi) is 9.92. The molecule has 2 atom stereocenters. The summed E-state index contributed by atoms with van der Waals surface area (Å²) in [6.45, 7) is 9.57. The van der Waals surface area contributed by atoms with Gasteiger partial charge < -0.3 is 30.2 Å². The Morgan fingerprint density at radius 1 is 1.04 bits per heavy atom. The van der Waals surface area contributed by atoms with Gasteiger partial charge >= 0.3 is 12.1 Å². The molecule has 14 heteroatoms. The van der Waals surface area contributed by atoms with Gasteiger partial charge in [0.05, 0.1) is 24.1 Å². The molecule has 50 heavy (non-hydrogen) atoms. The van der Waals surface area contributed by atoms with E-state index in [1.807, 2.05) is 43.0 Å². The van der Waals surface area contributed by atoms with Gasteiger partial charge in [-0.3, -0.25) is 4.79 Å². The van der Waals surface area contributed by atoms with Crippen LogP contribution in [0.4, 0.5) is 24.9 Å². The number of esters is 1. The van der Waals surface area contributed by atoms with E-state index in [9.17, 15) is 18.0 Å². The molecule has 6 rings (SSSR count). The molecule has 1 unspecified atom stereocenters. The molecule has 11 nitrogen and oxygen atoms in total. The van der Waals surface area contributed by atoms with Gasteiger partial charge in [-0.05, 0) is 87.8 Å². The summed E-state index contributed by atoms with van der Waals surface area (Å²) >= 11 is 0. The van der Waals surface area contributed by atoms with Crippen LogP contribution in [0, 0.1) is 12.3 Å². The Balaban J connectivity index is 1.26. The molecule has 2 aromatic carbocycles. The molecule has 0 aliphatic carbocycles. The molecule has 3 N–H and O–H groups in total. The third-order valence-electron chi connectivity index (χ3n) is 9.16. The standard InChI is InChI=1S/C36H42F3N7O4/c1-5-48-33(47)28-20-35(21-41-28)13-16-45(17-14-35)30-19-31(43-34(40)42-30)50-32(36(37,38)39)27-11-8-25(18-29(27)46-15-12-23(4)44-46)24-6-9-26(10-7-24)49-22(2)3/h6-12,15,18-19,22,28,32,41H,5,13-14,16-17,20-21H2,1-4H3,(H2,40,42,43)/t28?,32-/m1/s1. The van der Waals surface area contributed by atoms with Gasteiger partial charge in [0.2, 0.25) is 17.9 Å². The summed E-state index contributed by atoms with van der Waals surface area (Å²) in [5.41, 5.74) is 8.14. The zero-order valence-corrected chi connectivity index (χ0v) is 28.5. The van der Waals surface area contributed by atoms with Crippen LogP contribution in [-0.2, 0) is 9.53 Å². The van der Waals surface area contributed by atoms with E-state index in [1.165, 1.54) is 16.8 Å². The van der Waals surface area contributed by atoms with E-state index in [2.05, 4.69) is 20.4 Å². The lowest BCUT2D eigenvalue weighted by atomic mass is 9.76. The van der Waals surface area contributed by atoms with Gasteiger partial charge in [-0.25, -0.2) is 4.68 Å². The number of anilines is 2. The largest absolute Gasteiger partial charge is 0.491 e. The quantitative estimate of drug-likeness (QED) is 0.185. The molecule has 2 fully saturated rings. The van der Waals surface area contributed by atoms with Crippen molar-refractivity contribution in [1.29, 1.82) is 0 Å². The van der Waals surface area contributed by atoms with Crippen molar-refractivity contribution in [2.45, 2.75) is 71.4 Å². The van der Waals surface area contributed by atoms with Crippen LogP contribution in [0.25, 0.3) is 16.8 Å². The summed E-state index contributed by atoms with van der Waals surface area (Å²) in [5.74, 6) is 0.320. The van der Waals surface area contributed by atoms with Crippen LogP contribution >= 0.6 is 0 Å². The lowest BCUT2D eigenvalue weighted by molar-refractivity contribution is -0.198. The van der Waals surface area contributed by atoms with Gasteiger partial charge in [0.25, 0.3) is 0 Å². The molecule has 4 heterocycles. The zero-order valence-electron chi connectivity index (χ0n) is 28.5. The predicted octanol–water partition coefficient (Wildman–Crippen LogP) is 6.20. The summed E-state index contributed by atoms with van der Waals surface area (Å²) in [4.78, 5) is 22.6. The summed E-state index contributed by atoms with van der Waals surface area (Å²) < 4.78 is 62.9. The first-order valence-corrected chi connectivity index (χ1v) is 16.8. The minimum atomic E-state index is -4.82. The minimum absolute atomic E-state index is 0.00375. The third-order valence-corrected chi connectivity index (χ3v) is 9.16. The maximum atomic E-state index is 14.9. The Morgan fingerprint density at radius 3 is 2.40 bits per heavy atom. The lowest BCUT2D eigenvalue weighted by Crippen LogP contribution is -2.41. The number of hydrogen-bond acceptors (Lipinski definition) is 10. The van der Waals surface area contributed by atoms with E-state index in [-0.39, 0.29) is 46.6 Å². The fourth-order valence-electron chi connectivity index (χ4n) is 6.69. The number of aryl methyl sites for hydroxylation is 1. The number of piperidine rings is 1. The average Bonchev–Trinajstić information content (AvgIpc) is 3.70. The molecule has 1 spiro atoms. The fraction of sp³-hybridized carbons (Fsp3) is 0.444. The number of carbonyl (C=O) groups is 1. The van der Waals surface area contributed by atoms with Crippen molar-refractivity contribution in [3.8, 4) is 28.4 Å². The van der Waals surface area contributed by atoms with Gasteiger partial charge in [-0.15, -0.1) is 0 Å². The van der Waals surface area contributed by atoms with E-state index in [0.717, 1.165) is 18.4 Å². The van der Waals surface area contributed by atoms with Gasteiger partial charge in [-0.1, -0.05) is 24.3 Å². The smallest absolute Gasteiger partial charge is 0.429 e. The van der Waals surface area contributed by atoms with Crippen LogP contribution in [-0.4, -0.2) is 70.3 Å². The molecule has 0 bridgehead atoms. The van der Waals surface area contributed by atoms with Crippen molar-refractivity contribution in [2.24, 2.45) is 5.41 Å². The summed E-state index contributed by atoms with van der Waals surface area (Å²) in [6, 6.07) is 14.8. The minimum Gasteiger partial charge on any atom is -0.491 e. The number of nitrogens with two attached hydrogens (primary N) is 1. The van der Waals surface area contributed by atoms with Crippen molar-refractivity contribution < 1.29 is 32.2 Å². The van der Waals surface area contributed by atoms with Crippen molar-refractivity contribution in [3.05, 3.63) is 72.1 Å². The highest BCUT2D eigenvalue weighted by atomic mass is 19.4. The molecule has 2 saturated heterocycles. The van der Waals surface area contributed by atoms with Gasteiger partial charge in [0.1, 0.15) is 17.6 Å². The third kappa shape index (κ3) is 7.80. The Bertz CT molecular complexity index is 1800. The van der Waals surface area contributed by atoms with Crippen LogP contribution in [0.2, 0.25) is 0 Å². The molecule has 2 aliphatic rings. The molecular weight excluding hydrogens is 651 g/mol. The van der Waals surface area contributed by atoms with Crippen molar-refractivity contribution >= 4 is 17.7 Å². The molecule has 0 saturated carbocycles. The second-order valence-electron chi connectivity index (χ2n) is 13.2. The molecular formula is C36H42F3N7O4. The van der Waals surface area contributed by atoms with Crippen LogP contribution in [0.5, 0.6) is 11.6 Å². The number of hydrogen-bond donors (Lipinski definition) is 2. The lowest BCUT2D eigenvalue weighted by Gasteiger charge is -2.39. The van der Waals surface area contributed by atoms with Gasteiger partial charge in [0.15, 0.2) is 0 Å². The van der Waals surface area contributed by atoms with Crippen molar-refractivity contribution in [3.63, 3.8) is 0 Å². The summed E-state index contributed by atoms with van der Waals surface area (Å²) in [7, 11) is 0. The van der Waals surface area contributed by atoms with E-state index in [4.69, 9.17) is 19.9 Å². The number of halogens is 3. The number of nitrogens with one attached hydrogen (secondary N) is 1. The predicted molar refractivity (Wildman–Crippen MR) is 182 cm³/mol. The number of ether oxygens (including phenoxy) is 3. The SMILES string of the molecule is CCOC(=O)C1CC2(CCN(c3cc(O[C@H](c4ccc(-c5ccc(OC(C)C)cc5)cc4-n4ccc(C)n4)C(F)(F)F)nc(N)n3)CC2)CN1. The highest BCUT2D eigenvalue weighted by Crippen LogP contribution is 2.43. The van der Waals surface area contributed by atoms with E-state index in [1.54, 1.807) is 38.2 Å². The number of alkyl halides is 3. The Hall–Kier alpha value is -4.85.